The molecule has 0 amide bonds. The number of halogens is 1. The molecule has 1 fully saturated rings. The number of benzene rings is 1. The van der Waals surface area contributed by atoms with E-state index in [2.05, 4.69) is 6.07 Å². The van der Waals surface area contributed by atoms with Crippen LogP contribution in [0, 0.1) is 17.1 Å². The average Bonchev–Trinajstić information content (AvgIpc) is 2.56. The summed E-state index contributed by atoms with van der Waals surface area (Å²) in [6.07, 6.45) is 1.51. The second-order valence-corrected chi connectivity index (χ2v) is 7.78. The van der Waals surface area contributed by atoms with Crippen molar-refractivity contribution in [2.45, 2.75) is 25.8 Å². The second kappa shape index (κ2) is 7.86. The first-order chi connectivity index (χ1) is 11.0. The number of nitriles is 1. The number of nitrogens with zero attached hydrogens (tertiary/aromatic N) is 3. The van der Waals surface area contributed by atoms with E-state index < -0.39 is 16.1 Å². The molecule has 1 heterocycles. The fourth-order valence-corrected chi connectivity index (χ4v) is 4.34. The molecule has 0 saturated carbocycles. The minimum atomic E-state index is -3.20. The van der Waals surface area contributed by atoms with Crippen LogP contribution in [0.25, 0.3) is 0 Å². The van der Waals surface area contributed by atoms with Gasteiger partial charge in [-0.25, -0.2) is 12.8 Å². The van der Waals surface area contributed by atoms with Gasteiger partial charge in [0.25, 0.3) is 0 Å². The lowest BCUT2D eigenvalue weighted by molar-refractivity contribution is 0.162. The maximum atomic E-state index is 13.0. The molecular weight excluding hydrogens is 317 g/mol. The van der Waals surface area contributed by atoms with Crippen LogP contribution in [0.3, 0.4) is 0 Å². The first-order valence-corrected chi connectivity index (χ1v) is 9.46. The number of unbranched alkanes of at least 4 members (excludes halogenated alkanes) is 1. The number of rotatable bonds is 6. The Bertz CT molecular complexity index is 647. The van der Waals surface area contributed by atoms with Gasteiger partial charge in [0.2, 0.25) is 10.0 Å². The summed E-state index contributed by atoms with van der Waals surface area (Å²) in [5.41, 5.74) is 0.733. The van der Waals surface area contributed by atoms with Gasteiger partial charge < -0.3 is 0 Å². The van der Waals surface area contributed by atoms with E-state index in [1.165, 1.54) is 16.4 Å². The molecule has 0 N–H and O–H groups in total. The smallest absolute Gasteiger partial charge is 0.214 e. The van der Waals surface area contributed by atoms with Crippen LogP contribution >= 0.6 is 0 Å². The summed E-state index contributed by atoms with van der Waals surface area (Å²) in [7, 11) is -3.20. The Kier molecular flexibility index (Phi) is 6.10. The number of piperazine rings is 1. The highest BCUT2D eigenvalue weighted by molar-refractivity contribution is 7.89. The van der Waals surface area contributed by atoms with Crippen molar-refractivity contribution in [1.29, 1.82) is 5.26 Å². The Labute approximate surface area is 137 Å². The molecule has 0 aromatic heterocycles. The predicted molar refractivity (Wildman–Crippen MR) is 86.6 cm³/mol. The van der Waals surface area contributed by atoms with Gasteiger partial charge in [-0.15, -0.1) is 0 Å². The molecule has 1 aromatic carbocycles. The van der Waals surface area contributed by atoms with Crippen molar-refractivity contribution in [1.82, 2.24) is 9.21 Å². The van der Waals surface area contributed by atoms with Crippen LogP contribution in [0.5, 0.6) is 0 Å². The van der Waals surface area contributed by atoms with Gasteiger partial charge in [0.05, 0.1) is 11.8 Å². The van der Waals surface area contributed by atoms with Crippen molar-refractivity contribution < 1.29 is 12.8 Å². The van der Waals surface area contributed by atoms with Crippen LogP contribution in [0.1, 0.15) is 31.4 Å². The maximum absolute atomic E-state index is 13.0. The van der Waals surface area contributed by atoms with Crippen LogP contribution < -0.4 is 0 Å². The highest BCUT2D eigenvalue weighted by Crippen LogP contribution is 2.22. The van der Waals surface area contributed by atoms with Crippen LogP contribution in [-0.4, -0.2) is 49.6 Å². The van der Waals surface area contributed by atoms with Crippen molar-refractivity contribution in [3.05, 3.63) is 35.6 Å². The van der Waals surface area contributed by atoms with E-state index in [0.717, 1.165) is 12.0 Å². The molecule has 1 unspecified atom stereocenters. The van der Waals surface area contributed by atoms with Gasteiger partial charge in [-0.3, -0.25) is 4.90 Å². The summed E-state index contributed by atoms with van der Waals surface area (Å²) in [5, 5.41) is 9.43. The Balaban J connectivity index is 2.00. The topological polar surface area (TPSA) is 64.4 Å². The molecule has 0 bridgehead atoms. The van der Waals surface area contributed by atoms with Crippen molar-refractivity contribution in [2.75, 3.05) is 31.9 Å². The monoisotopic (exact) mass is 339 g/mol. The molecule has 0 aliphatic carbocycles. The van der Waals surface area contributed by atoms with Gasteiger partial charge >= 0.3 is 0 Å². The Morgan fingerprint density at radius 2 is 1.83 bits per heavy atom. The molecule has 1 aliphatic rings. The Morgan fingerprint density at radius 1 is 1.22 bits per heavy atom. The van der Waals surface area contributed by atoms with Crippen LogP contribution in [0.15, 0.2) is 24.3 Å². The standard InChI is InChI=1S/C16H22FN3O2S/c1-2-3-12-23(21,22)20-10-8-19(9-11-20)16(13-18)14-4-6-15(17)7-5-14/h4-7,16H,2-3,8-12H2,1H3. The third kappa shape index (κ3) is 4.50. The van der Waals surface area contributed by atoms with E-state index >= 15 is 0 Å². The lowest BCUT2D eigenvalue weighted by atomic mass is 10.1. The molecule has 7 heteroatoms. The van der Waals surface area contributed by atoms with Crippen molar-refractivity contribution in [3.63, 3.8) is 0 Å². The quantitative estimate of drug-likeness (QED) is 0.796. The molecule has 1 aromatic rings. The molecule has 126 valence electrons. The van der Waals surface area contributed by atoms with E-state index in [0.29, 0.717) is 32.6 Å². The average molecular weight is 339 g/mol. The SMILES string of the molecule is CCCCS(=O)(=O)N1CCN(C(C#N)c2ccc(F)cc2)CC1. The first-order valence-electron chi connectivity index (χ1n) is 7.85. The van der Waals surface area contributed by atoms with Gasteiger partial charge in [-0.2, -0.15) is 9.57 Å². The van der Waals surface area contributed by atoms with E-state index in [1.54, 1.807) is 12.1 Å². The zero-order valence-corrected chi connectivity index (χ0v) is 14.1. The zero-order chi connectivity index (χ0) is 16.9. The molecule has 1 aliphatic heterocycles. The van der Waals surface area contributed by atoms with Crippen LogP contribution in [-0.2, 0) is 10.0 Å². The predicted octanol–water partition coefficient (Wildman–Crippen LogP) is 2.14. The summed E-state index contributed by atoms with van der Waals surface area (Å²) >= 11 is 0. The van der Waals surface area contributed by atoms with Gasteiger partial charge in [0.1, 0.15) is 11.9 Å². The Morgan fingerprint density at radius 3 is 2.35 bits per heavy atom. The van der Waals surface area contributed by atoms with E-state index in [4.69, 9.17) is 0 Å². The fourth-order valence-electron chi connectivity index (χ4n) is 2.71. The fraction of sp³-hybridized carbons (Fsp3) is 0.562. The summed E-state index contributed by atoms with van der Waals surface area (Å²) in [6, 6.07) is 7.64. The zero-order valence-electron chi connectivity index (χ0n) is 13.3. The number of hydrogen-bond donors (Lipinski definition) is 0. The third-order valence-electron chi connectivity index (χ3n) is 4.10. The molecule has 23 heavy (non-hydrogen) atoms. The first kappa shape index (κ1) is 17.9. The lowest BCUT2D eigenvalue weighted by Gasteiger charge is -2.36. The highest BCUT2D eigenvalue weighted by Gasteiger charge is 2.30. The van der Waals surface area contributed by atoms with Crippen molar-refractivity contribution in [2.24, 2.45) is 0 Å². The van der Waals surface area contributed by atoms with Gasteiger partial charge in [0.15, 0.2) is 0 Å². The largest absolute Gasteiger partial charge is 0.282 e. The van der Waals surface area contributed by atoms with E-state index in [9.17, 15) is 18.1 Å². The molecule has 1 saturated heterocycles. The molecular formula is C16H22FN3O2S. The van der Waals surface area contributed by atoms with Crippen molar-refractivity contribution in [3.8, 4) is 6.07 Å². The van der Waals surface area contributed by atoms with Crippen LogP contribution in [0.2, 0.25) is 0 Å². The lowest BCUT2D eigenvalue weighted by Crippen LogP contribution is -2.50. The number of sulfonamides is 1. The van der Waals surface area contributed by atoms with Crippen LogP contribution in [0.4, 0.5) is 4.39 Å². The molecule has 2 rings (SSSR count). The summed E-state index contributed by atoms with van der Waals surface area (Å²) in [6.45, 7) is 3.76. The molecule has 5 nitrogen and oxygen atoms in total. The molecule has 0 spiro atoms. The van der Waals surface area contributed by atoms with Crippen molar-refractivity contribution >= 4 is 10.0 Å². The van der Waals surface area contributed by atoms with E-state index in [1.807, 2.05) is 11.8 Å². The minimum absolute atomic E-state index is 0.184. The summed E-state index contributed by atoms with van der Waals surface area (Å²) in [4.78, 5) is 1.94. The highest BCUT2D eigenvalue weighted by atomic mass is 32.2. The van der Waals surface area contributed by atoms with Gasteiger partial charge in [-0.05, 0) is 24.1 Å². The summed E-state index contributed by atoms with van der Waals surface area (Å²) < 4.78 is 38.9. The summed E-state index contributed by atoms with van der Waals surface area (Å²) in [5.74, 6) is -0.152. The number of hydrogen-bond acceptors (Lipinski definition) is 4. The normalized spacial score (nSPS) is 18.5. The maximum Gasteiger partial charge on any atom is 0.214 e. The molecule has 1 atom stereocenters. The van der Waals surface area contributed by atoms with Gasteiger partial charge in [-0.1, -0.05) is 25.5 Å². The Hall–Kier alpha value is -1.49. The van der Waals surface area contributed by atoms with Gasteiger partial charge in [0, 0.05) is 26.2 Å². The third-order valence-corrected chi connectivity index (χ3v) is 6.05. The molecule has 0 radical (unpaired) electrons. The van der Waals surface area contributed by atoms with E-state index in [-0.39, 0.29) is 11.6 Å². The second-order valence-electron chi connectivity index (χ2n) is 5.69. The minimum Gasteiger partial charge on any atom is -0.282 e.